The first-order valence-electron chi connectivity index (χ1n) is 1.41. The molecule has 0 aliphatic rings. The number of hydrogen-bond acceptors (Lipinski definition) is 1. The molecule has 0 aliphatic carbocycles. The summed E-state index contributed by atoms with van der Waals surface area (Å²) in [6.07, 6.45) is -0.167. The molecule has 0 aromatic rings. The van der Waals surface area contributed by atoms with E-state index in [1.165, 1.54) is 0 Å². The summed E-state index contributed by atoms with van der Waals surface area (Å²) in [5.74, 6) is 0. The van der Waals surface area contributed by atoms with Crippen LogP contribution >= 0.6 is 0 Å². The molecule has 0 aromatic carbocycles. The van der Waals surface area contributed by atoms with E-state index in [0.29, 0.717) is 0 Å². The van der Waals surface area contributed by atoms with Crippen molar-refractivity contribution in [3.8, 4) is 0 Å². The van der Waals surface area contributed by atoms with Gasteiger partial charge in [-0.25, -0.2) is 0 Å². The standard InChI is InChI=1S/C3H8O.ClH.Fe/c1-3(2)4;;/h3-4H,1-2H3;1H;/p-1. The second-order valence-electron chi connectivity index (χ2n) is 1.09. The molecule has 0 fully saturated rings. The number of aliphatic hydroxyl groups excluding tert-OH is 1. The Morgan fingerprint density at radius 2 is 1.33 bits per heavy atom. The number of aliphatic hydroxyl groups is 1. The topological polar surface area (TPSA) is 20.2 Å². The third-order valence-corrected chi connectivity index (χ3v) is 0. The molecule has 0 amide bonds. The zero-order valence-electron chi connectivity index (χ0n) is 3.76. The van der Waals surface area contributed by atoms with Crippen molar-refractivity contribution < 1.29 is 34.6 Å². The molecular weight excluding hydrogens is 143 g/mol. The average molecular weight is 151 g/mol. The maximum atomic E-state index is 8.06. The fraction of sp³-hybridized carbons (Fsp3) is 1.00. The Kier molecular flexibility index (Phi) is 24.4. The van der Waals surface area contributed by atoms with Crippen LogP contribution in [0, 0.1) is 0 Å². The first kappa shape index (κ1) is 15.9. The normalized spacial score (nSPS) is 6.00. The molecule has 0 aliphatic heterocycles. The van der Waals surface area contributed by atoms with Crippen LogP contribution in [0.3, 0.4) is 0 Å². The van der Waals surface area contributed by atoms with Gasteiger partial charge >= 0.3 is 0 Å². The van der Waals surface area contributed by atoms with Crippen molar-refractivity contribution in [2.45, 2.75) is 20.0 Å². The molecule has 0 spiro atoms. The summed E-state index contributed by atoms with van der Waals surface area (Å²) in [4.78, 5) is 0. The Morgan fingerprint density at radius 3 is 1.33 bits per heavy atom. The van der Waals surface area contributed by atoms with E-state index in [2.05, 4.69) is 0 Å². The van der Waals surface area contributed by atoms with Crippen LogP contribution in [0.25, 0.3) is 0 Å². The van der Waals surface area contributed by atoms with Gasteiger partial charge in [0.2, 0.25) is 0 Å². The monoisotopic (exact) mass is 151 g/mol. The van der Waals surface area contributed by atoms with Crippen LogP contribution in [0.4, 0.5) is 0 Å². The predicted molar refractivity (Wildman–Crippen MR) is 17.4 cm³/mol. The average Bonchev–Trinajstić information content (AvgIpc) is 0.811. The van der Waals surface area contributed by atoms with Crippen LogP contribution in [0.5, 0.6) is 0 Å². The number of rotatable bonds is 0. The van der Waals surface area contributed by atoms with E-state index in [9.17, 15) is 0 Å². The van der Waals surface area contributed by atoms with E-state index in [-0.39, 0.29) is 35.6 Å². The third-order valence-electron chi connectivity index (χ3n) is 0. The zero-order chi connectivity index (χ0) is 3.58. The van der Waals surface area contributed by atoms with Gasteiger partial charge < -0.3 is 17.5 Å². The first-order valence-corrected chi connectivity index (χ1v) is 1.41. The zero-order valence-corrected chi connectivity index (χ0v) is 5.62. The molecule has 0 heterocycles. The molecule has 0 saturated carbocycles. The molecule has 1 N–H and O–H groups in total. The van der Waals surface area contributed by atoms with Gasteiger partial charge in [0.05, 0.1) is 0 Å². The van der Waals surface area contributed by atoms with E-state index in [4.69, 9.17) is 5.11 Å². The van der Waals surface area contributed by atoms with E-state index in [0.717, 1.165) is 0 Å². The van der Waals surface area contributed by atoms with Gasteiger partial charge in [0, 0.05) is 23.2 Å². The van der Waals surface area contributed by atoms with Crippen molar-refractivity contribution in [2.24, 2.45) is 0 Å². The molecule has 0 aromatic heterocycles. The second kappa shape index (κ2) is 9.24. The van der Waals surface area contributed by atoms with Gasteiger partial charge in [0.15, 0.2) is 0 Å². The summed E-state index contributed by atoms with van der Waals surface area (Å²) < 4.78 is 0. The van der Waals surface area contributed by atoms with Crippen molar-refractivity contribution in [1.82, 2.24) is 0 Å². The molecule has 0 atom stereocenters. The van der Waals surface area contributed by atoms with Crippen LogP contribution in [0.2, 0.25) is 0 Å². The van der Waals surface area contributed by atoms with Crippen molar-refractivity contribution >= 4 is 0 Å². The van der Waals surface area contributed by atoms with Crippen LogP contribution in [-0.2, 0) is 17.1 Å². The molecule has 0 radical (unpaired) electrons. The van der Waals surface area contributed by atoms with Crippen LogP contribution in [0.1, 0.15) is 13.8 Å². The molecule has 1 nitrogen and oxygen atoms in total. The van der Waals surface area contributed by atoms with Crippen molar-refractivity contribution in [2.75, 3.05) is 0 Å². The Balaban J connectivity index is -0.0000000450. The van der Waals surface area contributed by atoms with Crippen molar-refractivity contribution in [1.29, 1.82) is 0 Å². The van der Waals surface area contributed by atoms with Gasteiger partial charge in [0.1, 0.15) is 0 Å². The summed E-state index contributed by atoms with van der Waals surface area (Å²) in [6, 6.07) is 0. The molecule has 0 bridgehead atoms. The summed E-state index contributed by atoms with van der Waals surface area (Å²) in [5, 5.41) is 8.06. The van der Waals surface area contributed by atoms with E-state index < -0.39 is 0 Å². The maximum absolute atomic E-state index is 8.06. The van der Waals surface area contributed by atoms with Gasteiger partial charge in [0.25, 0.3) is 0 Å². The van der Waals surface area contributed by atoms with Crippen LogP contribution in [0.15, 0.2) is 0 Å². The Morgan fingerprint density at radius 1 is 1.33 bits per heavy atom. The molecule has 6 heavy (non-hydrogen) atoms. The summed E-state index contributed by atoms with van der Waals surface area (Å²) in [7, 11) is 0. The maximum Gasteiger partial charge on any atom is 0.0483 e. The number of halogens is 1. The van der Waals surface area contributed by atoms with Crippen LogP contribution in [-0.4, -0.2) is 11.2 Å². The quantitative estimate of drug-likeness (QED) is 0.376. The van der Waals surface area contributed by atoms with Gasteiger partial charge in [-0.2, -0.15) is 0 Å². The van der Waals surface area contributed by atoms with Gasteiger partial charge in [-0.15, -0.1) is 0 Å². The minimum Gasteiger partial charge on any atom is -1.00 e. The minimum atomic E-state index is -0.167. The number of hydrogen-bond donors (Lipinski definition) is 1. The Hall–Kier alpha value is 0.769. The molecule has 0 unspecified atom stereocenters. The van der Waals surface area contributed by atoms with Crippen molar-refractivity contribution in [3.05, 3.63) is 0 Å². The molecule has 0 saturated heterocycles. The van der Waals surface area contributed by atoms with Gasteiger partial charge in [-0.1, -0.05) is 0 Å². The second-order valence-corrected chi connectivity index (χ2v) is 1.09. The Bertz CT molecular complexity index is 15.5. The smallest absolute Gasteiger partial charge is 0.0483 e. The van der Waals surface area contributed by atoms with Gasteiger partial charge in [-0.05, 0) is 13.8 Å². The van der Waals surface area contributed by atoms with Crippen LogP contribution < -0.4 is 12.4 Å². The fourth-order valence-electron chi connectivity index (χ4n) is 0. The summed E-state index contributed by atoms with van der Waals surface area (Å²) in [6.45, 7) is 3.44. The molecule has 3 heteroatoms. The van der Waals surface area contributed by atoms with Gasteiger partial charge in [-0.3, -0.25) is 0 Å². The molecule has 0 rings (SSSR count). The van der Waals surface area contributed by atoms with Crippen molar-refractivity contribution in [3.63, 3.8) is 0 Å². The largest absolute Gasteiger partial charge is 1.00 e. The fourth-order valence-corrected chi connectivity index (χ4v) is 0. The molecular formula is C3H8ClFeO-. The summed E-state index contributed by atoms with van der Waals surface area (Å²) >= 11 is 0. The molecule has 42 valence electrons. The van der Waals surface area contributed by atoms with E-state index in [1.807, 2.05) is 0 Å². The Labute approximate surface area is 55.0 Å². The van der Waals surface area contributed by atoms with E-state index in [1.54, 1.807) is 13.8 Å². The minimum absolute atomic E-state index is 0. The SMILES string of the molecule is CC(C)O.[Cl-].[Fe]. The first-order chi connectivity index (χ1) is 1.73. The van der Waals surface area contributed by atoms with E-state index >= 15 is 0 Å². The predicted octanol–water partition coefficient (Wildman–Crippen LogP) is -2.61. The third kappa shape index (κ3) is 114. The summed E-state index contributed by atoms with van der Waals surface area (Å²) in [5.41, 5.74) is 0.